The summed E-state index contributed by atoms with van der Waals surface area (Å²) in [5, 5.41) is 0.710. The summed E-state index contributed by atoms with van der Waals surface area (Å²) >= 11 is 5.96. The SMILES string of the molecule is Cc1cc(OCC(=O)N2CCC[NH+](C)CC2)ccc1Cl. The number of benzene rings is 1. The van der Waals surface area contributed by atoms with E-state index in [1.54, 1.807) is 12.1 Å². The predicted octanol–water partition coefficient (Wildman–Crippen LogP) is 0.774. The molecule has 1 saturated heterocycles. The lowest BCUT2D eigenvalue weighted by atomic mass is 10.2. The Morgan fingerprint density at radius 3 is 2.95 bits per heavy atom. The van der Waals surface area contributed by atoms with Crippen molar-refractivity contribution in [3.8, 4) is 5.75 Å². The van der Waals surface area contributed by atoms with Crippen molar-refractivity contribution in [3.63, 3.8) is 0 Å². The van der Waals surface area contributed by atoms with Gasteiger partial charge in [-0.25, -0.2) is 0 Å². The normalized spacial score (nSPS) is 19.6. The second kappa shape index (κ2) is 6.95. The fourth-order valence-corrected chi connectivity index (χ4v) is 2.44. The Hall–Kier alpha value is -1.26. The molecule has 0 radical (unpaired) electrons. The lowest BCUT2D eigenvalue weighted by Gasteiger charge is -2.19. The highest BCUT2D eigenvalue weighted by Gasteiger charge is 2.19. The summed E-state index contributed by atoms with van der Waals surface area (Å²) in [4.78, 5) is 15.5. The minimum atomic E-state index is 0.0623. The van der Waals surface area contributed by atoms with E-state index in [1.807, 2.05) is 17.9 Å². The number of hydrogen-bond donors (Lipinski definition) is 1. The fourth-order valence-electron chi connectivity index (χ4n) is 2.33. The van der Waals surface area contributed by atoms with E-state index in [-0.39, 0.29) is 12.5 Å². The number of nitrogens with one attached hydrogen (secondary N) is 1. The molecule has 1 amide bonds. The topological polar surface area (TPSA) is 34.0 Å². The van der Waals surface area contributed by atoms with Crippen molar-refractivity contribution < 1.29 is 14.4 Å². The van der Waals surface area contributed by atoms with Crippen molar-refractivity contribution in [2.24, 2.45) is 0 Å². The van der Waals surface area contributed by atoms with Crippen LogP contribution >= 0.6 is 11.6 Å². The van der Waals surface area contributed by atoms with Gasteiger partial charge in [-0.3, -0.25) is 4.79 Å². The molecule has 0 aromatic heterocycles. The Bertz CT molecular complexity index is 479. The summed E-state index contributed by atoms with van der Waals surface area (Å²) in [6.45, 7) is 5.80. The van der Waals surface area contributed by atoms with Crippen LogP contribution in [0, 0.1) is 6.92 Å². The Morgan fingerprint density at radius 1 is 1.40 bits per heavy atom. The van der Waals surface area contributed by atoms with Crippen LogP contribution in [0.4, 0.5) is 0 Å². The summed E-state index contributed by atoms with van der Waals surface area (Å²) in [5.74, 6) is 0.755. The zero-order valence-corrected chi connectivity index (χ0v) is 12.9. The molecule has 1 fully saturated rings. The molecule has 20 heavy (non-hydrogen) atoms. The molecule has 4 nitrogen and oxygen atoms in total. The van der Waals surface area contributed by atoms with Crippen molar-refractivity contribution >= 4 is 17.5 Å². The van der Waals surface area contributed by atoms with E-state index in [4.69, 9.17) is 16.3 Å². The summed E-state index contributed by atoms with van der Waals surface area (Å²) in [6, 6.07) is 5.44. The number of rotatable bonds is 3. The Balaban J connectivity index is 1.86. The van der Waals surface area contributed by atoms with Crippen LogP contribution in [0.15, 0.2) is 18.2 Å². The third kappa shape index (κ3) is 4.12. The van der Waals surface area contributed by atoms with E-state index >= 15 is 0 Å². The number of ether oxygens (including phenoxy) is 1. The summed E-state index contributed by atoms with van der Waals surface area (Å²) in [5.41, 5.74) is 0.955. The first kappa shape index (κ1) is 15.1. The Morgan fingerprint density at radius 2 is 2.20 bits per heavy atom. The summed E-state index contributed by atoms with van der Waals surface area (Å²) in [6.07, 6.45) is 1.05. The molecule has 5 heteroatoms. The van der Waals surface area contributed by atoms with Crippen LogP contribution in [0.25, 0.3) is 0 Å². The van der Waals surface area contributed by atoms with Gasteiger partial charge in [-0.2, -0.15) is 0 Å². The van der Waals surface area contributed by atoms with Crippen molar-refractivity contribution in [1.82, 2.24) is 4.90 Å². The van der Waals surface area contributed by atoms with Gasteiger partial charge in [0, 0.05) is 18.0 Å². The van der Waals surface area contributed by atoms with Gasteiger partial charge in [0.25, 0.3) is 5.91 Å². The number of amides is 1. The lowest BCUT2D eigenvalue weighted by Crippen LogP contribution is -3.09. The number of aryl methyl sites for hydroxylation is 1. The average molecular weight is 298 g/mol. The number of hydrogen-bond acceptors (Lipinski definition) is 2. The minimum absolute atomic E-state index is 0.0623. The Labute approximate surface area is 125 Å². The molecule has 1 unspecified atom stereocenters. The number of likely N-dealkylation sites (N-methyl/N-ethyl adjacent to an activating group) is 1. The number of quaternary nitrogens is 1. The van der Waals surface area contributed by atoms with Crippen LogP contribution in [0.2, 0.25) is 5.02 Å². The maximum Gasteiger partial charge on any atom is 0.260 e. The second-order valence-electron chi connectivity index (χ2n) is 5.39. The molecule has 110 valence electrons. The van der Waals surface area contributed by atoms with E-state index in [9.17, 15) is 4.79 Å². The molecule has 1 heterocycles. The molecular weight excluding hydrogens is 276 g/mol. The molecule has 1 atom stereocenters. The van der Waals surface area contributed by atoms with Crippen molar-refractivity contribution in [2.45, 2.75) is 13.3 Å². The van der Waals surface area contributed by atoms with Gasteiger partial charge >= 0.3 is 0 Å². The highest BCUT2D eigenvalue weighted by molar-refractivity contribution is 6.31. The monoisotopic (exact) mass is 297 g/mol. The second-order valence-corrected chi connectivity index (χ2v) is 5.80. The molecule has 2 rings (SSSR count). The van der Waals surface area contributed by atoms with Crippen LogP contribution in [-0.4, -0.2) is 50.6 Å². The molecule has 1 aromatic carbocycles. The van der Waals surface area contributed by atoms with Crippen molar-refractivity contribution in [3.05, 3.63) is 28.8 Å². The van der Waals surface area contributed by atoms with Gasteiger partial charge in [-0.05, 0) is 30.7 Å². The summed E-state index contributed by atoms with van der Waals surface area (Å²) < 4.78 is 5.57. The molecule has 1 aliphatic rings. The van der Waals surface area contributed by atoms with E-state index in [0.29, 0.717) is 10.8 Å². The van der Waals surface area contributed by atoms with Gasteiger partial charge in [0.15, 0.2) is 6.61 Å². The average Bonchev–Trinajstić information content (AvgIpc) is 2.64. The fraction of sp³-hybridized carbons (Fsp3) is 0.533. The number of carbonyl (C=O) groups is 1. The molecule has 1 N–H and O–H groups in total. The van der Waals surface area contributed by atoms with Crippen LogP contribution in [-0.2, 0) is 4.79 Å². The zero-order chi connectivity index (χ0) is 14.5. The third-order valence-corrected chi connectivity index (χ3v) is 4.11. The highest BCUT2D eigenvalue weighted by atomic mass is 35.5. The van der Waals surface area contributed by atoms with Gasteiger partial charge in [0.2, 0.25) is 0 Å². The smallest absolute Gasteiger partial charge is 0.260 e. The maximum atomic E-state index is 12.1. The molecular formula is C15H22ClN2O2+. The van der Waals surface area contributed by atoms with Crippen molar-refractivity contribution in [2.75, 3.05) is 39.8 Å². The minimum Gasteiger partial charge on any atom is -0.484 e. The number of carbonyl (C=O) groups excluding carboxylic acids is 1. The molecule has 1 aromatic rings. The lowest BCUT2D eigenvalue weighted by molar-refractivity contribution is -0.877. The van der Waals surface area contributed by atoms with E-state index in [1.165, 1.54) is 4.90 Å². The van der Waals surface area contributed by atoms with Gasteiger partial charge < -0.3 is 14.5 Å². The van der Waals surface area contributed by atoms with Gasteiger partial charge in [0.1, 0.15) is 5.75 Å². The van der Waals surface area contributed by atoms with Crippen LogP contribution < -0.4 is 9.64 Å². The zero-order valence-electron chi connectivity index (χ0n) is 12.1. The standard InChI is InChI=1S/C15H21ClN2O2/c1-12-10-13(4-5-14(12)16)20-11-15(19)18-7-3-6-17(2)8-9-18/h4-5,10H,3,6-9,11H2,1-2H3/p+1. The maximum absolute atomic E-state index is 12.1. The quantitative estimate of drug-likeness (QED) is 0.894. The van der Waals surface area contributed by atoms with E-state index in [0.717, 1.165) is 38.2 Å². The predicted molar refractivity (Wildman–Crippen MR) is 79.5 cm³/mol. The van der Waals surface area contributed by atoms with Gasteiger partial charge in [-0.1, -0.05) is 11.6 Å². The first-order valence-electron chi connectivity index (χ1n) is 7.04. The first-order chi connectivity index (χ1) is 9.56. The Kier molecular flexibility index (Phi) is 5.26. The number of nitrogens with zero attached hydrogens (tertiary/aromatic N) is 1. The van der Waals surface area contributed by atoms with Crippen LogP contribution in [0.3, 0.4) is 0 Å². The van der Waals surface area contributed by atoms with Gasteiger partial charge in [-0.15, -0.1) is 0 Å². The molecule has 0 aliphatic carbocycles. The molecule has 0 spiro atoms. The van der Waals surface area contributed by atoms with E-state index < -0.39 is 0 Å². The first-order valence-corrected chi connectivity index (χ1v) is 7.42. The van der Waals surface area contributed by atoms with Crippen molar-refractivity contribution in [1.29, 1.82) is 0 Å². The molecule has 0 bridgehead atoms. The van der Waals surface area contributed by atoms with Crippen LogP contribution in [0.1, 0.15) is 12.0 Å². The summed E-state index contributed by atoms with van der Waals surface area (Å²) in [7, 11) is 2.17. The largest absolute Gasteiger partial charge is 0.484 e. The molecule has 1 aliphatic heterocycles. The highest BCUT2D eigenvalue weighted by Crippen LogP contribution is 2.20. The van der Waals surface area contributed by atoms with Crippen LogP contribution in [0.5, 0.6) is 5.75 Å². The van der Waals surface area contributed by atoms with Gasteiger partial charge in [0.05, 0.1) is 26.7 Å². The third-order valence-electron chi connectivity index (χ3n) is 3.68. The molecule has 0 saturated carbocycles. The van der Waals surface area contributed by atoms with E-state index in [2.05, 4.69) is 7.05 Å². The number of halogens is 1.